The summed E-state index contributed by atoms with van der Waals surface area (Å²) < 4.78 is 40.7. The Morgan fingerprint density at radius 1 is 1.14 bits per heavy atom. The van der Waals surface area contributed by atoms with Crippen LogP contribution in [0.5, 0.6) is 17.2 Å². The normalized spacial score (nSPS) is 11.0. The summed E-state index contributed by atoms with van der Waals surface area (Å²) in [5, 5.41) is 10.8. The number of carbonyl (C=O) groups is 1. The van der Waals surface area contributed by atoms with Gasteiger partial charge >= 0.3 is 12.6 Å². The van der Waals surface area contributed by atoms with Gasteiger partial charge in [0.15, 0.2) is 11.5 Å². The minimum absolute atomic E-state index is 0.0973. The lowest BCUT2D eigenvalue weighted by molar-refractivity contribution is -0.128. The highest BCUT2D eigenvalue weighted by Crippen LogP contribution is 2.29. The van der Waals surface area contributed by atoms with Crippen LogP contribution in [-0.2, 0) is 4.79 Å². The average molecular weight is 388 g/mol. The molecule has 0 unspecified atom stereocenters. The van der Waals surface area contributed by atoms with Crippen LogP contribution in [0.15, 0.2) is 54.9 Å². The Morgan fingerprint density at radius 2 is 1.93 bits per heavy atom. The zero-order valence-corrected chi connectivity index (χ0v) is 14.5. The van der Waals surface area contributed by atoms with Crippen molar-refractivity contribution in [3.8, 4) is 22.9 Å². The van der Waals surface area contributed by atoms with Crippen LogP contribution >= 0.6 is 0 Å². The molecule has 2 aromatic carbocycles. The van der Waals surface area contributed by atoms with E-state index in [1.807, 2.05) is 0 Å². The van der Waals surface area contributed by atoms with E-state index in [4.69, 9.17) is 9.47 Å². The van der Waals surface area contributed by atoms with Crippen molar-refractivity contribution in [1.29, 1.82) is 0 Å². The van der Waals surface area contributed by atoms with Gasteiger partial charge in [-0.15, -0.1) is 5.10 Å². The maximum atomic E-state index is 12.3. The van der Waals surface area contributed by atoms with E-state index >= 15 is 0 Å². The molecule has 0 aliphatic rings. The van der Waals surface area contributed by atoms with Crippen LogP contribution in [0.4, 0.5) is 8.78 Å². The first kappa shape index (κ1) is 19.0. The first-order valence-corrected chi connectivity index (χ1v) is 7.91. The van der Waals surface area contributed by atoms with E-state index in [0.717, 1.165) is 0 Å². The molecular formula is C18H14F2N4O4. The van der Waals surface area contributed by atoms with E-state index in [1.54, 1.807) is 24.3 Å². The topological polar surface area (TPSA) is 88.4 Å². The molecule has 0 bridgehead atoms. The van der Waals surface area contributed by atoms with Gasteiger partial charge in [0.1, 0.15) is 12.1 Å². The highest BCUT2D eigenvalue weighted by molar-refractivity contribution is 5.88. The number of hydrogen-bond donors (Lipinski definition) is 0. The van der Waals surface area contributed by atoms with E-state index in [0.29, 0.717) is 17.0 Å². The van der Waals surface area contributed by atoms with Gasteiger partial charge in [0.05, 0.1) is 12.8 Å². The number of hydrogen-bond acceptors (Lipinski definition) is 7. The van der Waals surface area contributed by atoms with Crippen LogP contribution in [0.25, 0.3) is 11.8 Å². The molecule has 0 amide bonds. The third kappa shape index (κ3) is 4.87. The largest absolute Gasteiger partial charge is 0.493 e. The smallest absolute Gasteiger partial charge is 0.387 e. The molecule has 0 spiro atoms. The first-order valence-electron chi connectivity index (χ1n) is 7.91. The minimum Gasteiger partial charge on any atom is -0.493 e. The van der Waals surface area contributed by atoms with Gasteiger partial charge in [-0.25, -0.2) is 9.48 Å². The molecule has 3 rings (SSSR count). The van der Waals surface area contributed by atoms with E-state index in [2.05, 4.69) is 20.3 Å². The van der Waals surface area contributed by atoms with E-state index < -0.39 is 12.6 Å². The lowest BCUT2D eigenvalue weighted by atomic mass is 10.2. The third-order valence-corrected chi connectivity index (χ3v) is 3.48. The SMILES string of the molecule is COc1cc(/C=C/C(=O)Oc2ccc(-n3cnnn3)cc2)ccc1OC(F)F. The van der Waals surface area contributed by atoms with Gasteiger partial charge in [-0.3, -0.25) is 0 Å². The molecule has 0 radical (unpaired) electrons. The van der Waals surface area contributed by atoms with Crippen molar-refractivity contribution in [2.24, 2.45) is 0 Å². The Hall–Kier alpha value is -3.82. The number of esters is 1. The molecule has 3 aromatic rings. The summed E-state index contributed by atoms with van der Waals surface area (Å²) in [7, 11) is 1.33. The van der Waals surface area contributed by atoms with E-state index in [9.17, 15) is 13.6 Å². The number of methoxy groups -OCH3 is 1. The summed E-state index contributed by atoms with van der Waals surface area (Å²) >= 11 is 0. The van der Waals surface area contributed by atoms with Crippen molar-refractivity contribution < 1.29 is 27.8 Å². The summed E-state index contributed by atoms with van der Waals surface area (Å²) in [6.07, 6.45) is 4.11. The van der Waals surface area contributed by atoms with Crippen LogP contribution in [0.2, 0.25) is 0 Å². The van der Waals surface area contributed by atoms with Gasteiger partial charge in [-0.2, -0.15) is 8.78 Å². The molecule has 0 N–H and O–H groups in total. The van der Waals surface area contributed by atoms with Crippen molar-refractivity contribution in [3.05, 3.63) is 60.4 Å². The van der Waals surface area contributed by atoms with E-state index in [-0.39, 0.29) is 11.5 Å². The van der Waals surface area contributed by atoms with Crippen LogP contribution in [-0.4, -0.2) is 39.9 Å². The Morgan fingerprint density at radius 3 is 2.57 bits per heavy atom. The molecule has 8 nitrogen and oxygen atoms in total. The second-order valence-electron chi connectivity index (χ2n) is 5.29. The van der Waals surface area contributed by atoms with Gasteiger partial charge in [0.25, 0.3) is 0 Å². The summed E-state index contributed by atoms with van der Waals surface area (Å²) in [5.74, 6) is -0.249. The standard InChI is InChI=1S/C18H14F2N4O4/c1-26-16-10-12(2-8-15(16)28-18(19)20)3-9-17(25)27-14-6-4-13(5-7-14)24-11-21-22-23-24/h2-11,18H,1H3/b9-3+. The van der Waals surface area contributed by atoms with E-state index in [1.165, 1.54) is 48.5 Å². The number of alkyl halides is 2. The molecular weight excluding hydrogens is 374 g/mol. The Kier molecular flexibility index (Phi) is 5.90. The van der Waals surface area contributed by atoms with Gasteiger partial charge in [-0.05, 0) is 58.5 Å². The minimum atomic E-state index is -2.96. The molecule has 1 heterocycles. The van der Waals surface area contributed by atoms with Crippen molar-refractivity contribution >= 4 is 12.0 Å². The van der Waals surface area contributed by atoms with Crippen LogP contribution < -0.4 is 14.2 Å². The molecule has 144 valence electrons. The molecule has 0 saturated carbocycles. The van der Waals surface area contributed by atoms with Gasteiger partial charge < -0.3 is 14.2 Å². The fourth-order valence-electron chi connectivity index (χ4n) is 2.24. The summed E-state index contributed by atoms with van der Waals surface area (Å²) in [6, 6.07) is 10.9. The first-order chi connectivity index (χ1) is 13.5. The zero-order valence-electron chi connectivity index (χ0n) is 14.5. The predicted octanol–water partition coefficient (Wildman–Crippen LogP) is 2.89. The van der Waals surface area contributed by atoms with Gasteiger partial charge in [0, 0.05) is 6.08 Å². The number of carbonyl (C=O) groups excluding carboxylic acids is 1. The number of ether oxygens (including phenoxy) is 3. The monoisotopic (exact) mass is 388 g/mol. The van der Waals surface area contributed by atoms with Crippen molar-refractivity contribution in [2.45, 2.75) is 6.61 Å². The third-order valence-electron chi connectivity index (χ3n) is 3.48. The number of halogens is 2. The average Bonchev–Trinajstić information content (AvgIpc) is 3.22. The zero-order chi connectivity index (χ0) is 19.9. The van der Waals surface area contributed by atoms with Crippen molar-refractivity contribution in [1.82, 2.24) is 20.2 Å². The molecule has 0 fully saturated rings. The fourth-order valence-corrected chi connectivity index (χ4v) is 2.24. The quantitative estimate of drug-likeness (QED) is 0.349. The molecule has 0 aliphatic carbocycles. The second kappa shape index (κ2) is 8.71. The number of rotatable bonds is 7. The predicted molar refractivity (Wildman–Crippen MR) is 93.4 cm³/mol. The van der Waals surface area contributed by atoms with Crippen molar-refractivity contribution in [2.75, 3.05) is 7.11 Å². The Bertz CT molecular complexity index is 960. The number of tetrazole rings is 1. The Balaban J connectivity index is 1.63. The molecule has 10 heteroatoms. The summed E-state index contributed by atoms with van der Waals surface area (Å²) in [4.78, 5) is 12.0. The number of aromatic nitrogens is 4. The molecule has 0 aliphatic heterocycles. The highest BCUT2D eigenvalue weighted by atomic mass is 19.3. The van der Waals surface area contributed by atoms with Gasteiger partial charge in [-0.1, -0.05) is 6.07 Å². The van der Waals surface area contributed by atoms with Crippen LogP contribution in [0.1, 0.15) is 5.56 Å². The number of benzene rings is 2. The van der Waals surface area contributed by atoms with Gasteiger partial charge in [0.2, 0.25) is 0 Å². The number of nitrogens with zero attached hydrogens (tertiary/aromatic N) is 4. The fraction of sp³-hybridized carbons (Fsp3) is 0.111. The molecule has 1 aromatic heterocycles. The van der Waals surface area contributed by atoms with Crippen LogP contribution in [0.3, 0.4) is 0 Å². The second-order valence-corrected chi connectivity index (χ2v) is 5.29. The molecule has 28 heavy (non-hydrogen) atoms. The molecule has 0 atom stereocenters. The highest BCUT2D eigenvalue weighted by Gasteiger charge is 2.10. The lowest BCUT2D eigenvalue weighted by Crippen LogP contribution is -2.04. The molecule has 0 saturated heterocycles. The maximum Gasteiger partial charge on any atom is 0.387 e. The summed E-state index contributed by atoms with van der Waals surface area (Å²) in [6.45, 7) is -2.96. The summed E-state index contributed by atoms with van der Waals surface area (Å²) in [5.41, 5.74) is 1.25. The van der Waals surface area contributed by atoms with Crippen LogP contribution in [0, 0.1) is 0 Å². The maximum absolute atomic E-state index is 12.3. The van der Waals surface area contributed by atoms with Crippen molar-refractivity contribution in [3.63, 3.8) is 0 Å². The lowest BCUT2D eigenvalue weighted by Gasteiger charge is -2.10. The Labute approximate surface area is 157 Å².